The lowest BCUT2D eigenvalue weighted by atomic mass is 10.1. The highest BCUT2D eigenvalue weighted by Gasteiger charge is 2.38. The highest BCUT2D eigenvalue weighted by atomic mass is 35.5. The van der Waals surface area contributed by atoms with Crippen LogP contribution in [-0.2, 0) is 27.5 Å². The first-order valence-corrected chi connectivity index (χ1v) is 11.9. The van der Waals surface area contributed by atoms with Crippen molar-refractivity contribution in [3.05, 3.63) is 88.9 Å². The van der Waals surface area contributed by atoms with Gasteiger partial charge in [0.15, 0.2) is 6.10 Å². The van der Waals surface area contributed by atoms with E-state index in [1.165, 1.54) is 42.5 Å². The maximum absolute atomic E-state index is 13.3. The van der Waals surface area contributed by atoms with E-state index in [9.17, 15) is 26.4 Å². The van der Waals surface area contributed by atoms with Crippen molar-refractivity contribution in [2.45, 2.75) is 23.7 Å². The van der Waals surface area contributed by atoms with Crippen molar-refractivity contribution in [2.75, 3.05) is 10.8 Å². The topological polar surface area (TPSA) is 75.7 Å². The highest BCUT2D eigenvalue weighted by Crippen LogP contribution is 2.39. The lowest BCUT2D eigenvalue weighted by molar-refractivity contribution is -0.137. The Labute approximate surface area is 199 Å². The minimum absolute atomic E-state index is 0.0194. The largest absolute Gasteiger partial charge is 0.476 e. The second kappa shape index (κ2) is 9.19. The van der Waals surface area contributed by atoms with E-state index in [2.05, 4.69) is 5.32 Å². The third-order valence-electron chi connectivity index (χ3n) is 5.14. The Hall–Kier alpha value is -3.24. The van der Waals surface area contributed by atoms with Crippen LogP contribution in [0.25, 0.3) is 0 Å². The number of benzene rings is 3. The number of nitrogens with one attached hydrogen (secondary N) is 1. The summed E-state index contributed by atoms with van der Waals surface area (Å²) in [4.78, 5) is 12.9. The number of carbonyl (C=O) groups is 1. The van der Waals surface area contributed by atoms with Gasteiger partial charge in [-0.05, 0) is 48.0 Å². The van der Waals surface area contributed by atoms with Gasteiger partial charge in [0, 0.05) is 11.6 Å². The molecule has 1 amide bonds. The molecule has 1 aliphatic rings. The molecule has 6 nitrogen and oxygen atoms in total. The summed E-state index contributed by atoms with van der Waals surface area (Å²) in [5.74, 6) is -0.541. The number of amides is 1. The fraction of sp³-hybridized carbons (Fsp3) is 0.174. The van der Waals surface area contributed by atoms with Gasteiger partial charge in [0.25, 0.3) is 15.9 Å². The number of ether oxygens (including phenoxy) is 1. The quantitative estimate of drug-likeness (QED) is 0.543. The third-order valence-corrected chi connectivity index (χ3v) is 7.16. The monoisotopic (exact) mass is 510 g/mol. The molecule has 0 spiro atoms. The fourth-order valence-corrected chi connectivity index (χ4v) is 5.12. The molecular weight excluding hydrogens is 493 g/mol. The van der Waals surface area contributed by atoms with Gasteiger partial charge in [-0.15, -0.1) is 0 Å². The van der Waals surface area contributed by atoms with Crippen LogP contribution in [0.3, 0.4) is 0 Å². The minimum Gasteiger partial charge on any atom is -0.476 e. The Morgan fingerprint density at radius 2 is 1.79 bits per heavy atom. The van der Waals surface area contributed by atoms with Crippen LogP contribution in [0.2, 0.25) is 5.02 Å². The van der Waals surface area contributed by atoms with Crippen molar-refractivity contribution in [2.24, 2.45) is 0 Å². The van der Waals surface area contributed by atoms with Gasteiger partial charge in [-0.2, -0.15) is 13.2 Å². The summed E-state index contributed by atoms with van der Waals surface area (Å²) >= 11 is 6.06. The average Bonchev–Trinajstić information content (AvgIpc) is 2.82. The summed E-state index contributed by atoms with van der Waals surface area (Å²) in [6, 6.07) is 16.6. The first-order valence-electron chi connectivity index (χ1n) is 10.0. The minimum atomic E-state index is -4.51. The van der Waals surface area contributed by atoms with Crippen LogP contribution in [0.4, 0.5) is 18.9 Å². The van der Waals surface area contributed by atoms with Crippen molar-refractivity contribution in [1.29, 1.82) is 0 Å². The van der Waals surface area contributed by atoms with E-state index >= 15 is 0 Å². The Bertz CT molecular complexity index is 1320. The molecule has 0 saturated heterocycles. The average molecular weight is 511 g/mol. The molecule has 4 rings (SSSR count). The lowest BCUT2D eigenvalue weighted by Gasteiger charge is -2.34. The number of anilines is 1. The standard InChI is InChI=1S/C23H18ClF3N2O4S/c24-17-9-10-20-19(12-17)29(34(31,32)18-7-2-1-3-8-18)14-21(33-20)22(30)28-13-15-5-4-6-16(11-15)23(25,26)27/h1-12,21H,13-14H2,(H,28,30)/t21-/m1/s1. The normalized spacial score (nSPS) is 15.9. The number of hydrogen-bond acceptors (Lipinski definition) is 4. The molecule has 1 aliphatic heterocycles. The number of alkyl halides is 3. The molecule has 0 saturated carbocycles. The summed E-state index contributed by atoms with van der Waals surface area (Å²) in [6.07, 6.45) is -5.75. The number of hydrogen-bond donors (Lipinski definition) is 1. The Balaban J connectivity index is 1.58. The first-order chi connectivity index (χ1) is 16.1. The van der Waals surface area contributed by atoms with E-state index in [0.29, 0.717) is 0 Å². The van der Waals surface area contributed by atoms with Crippen LogP contribution >= 0.6 is 11.6 Å². The molecule has 11 heteroatoms. The molecule has 0 aliphatic carbocycles. The summed E-state index contributed by atoms with van der Waals surface area (Å²) in [5.41, 5.74) is -0.419. The smallest absolute Gasteiger partial charge is 0.416 e. The van der Waals surface area contributed by atoms with Gasteiger partial charge in [-0.25, -0.2) is 8.42 Å². The second-order valence-electron chi connectivity index (χ2n) is 7.48. The van der Waals surface area contributed by atoms with Gasteiger partial charge in [0.2, 0.25) is 0 Å². The lowest BCUT2D eigenvalue weighted by Crippen LogP contribution is -2.50. The number of sulfonamides is 1. The summed E-state index contributed by atoms with van der Waals surface area (Å²) < 4.78 is 72.2. The van der Waals surface area contributed by atoms with E-state index in [4.69, 9.17) is 16.3 Å². The molecule has 1 N–H and O–H groups in total. The Morgan fingerprint density at radius 1 is 1.06 bits per heavy atom. The number of carbonyl (C=O) groups excluding carboxylic acids is 1. The molecular formula is C23H18ClF3N2O4S. The maximum atomic E-state index is 13.3. The van der Waals surface area contributed by atoms with E-state index in [0.717, 1.165) is 16.4 Å². The fourth-order valence-electron chi connectivity index (χ4n) is 3.47. The van der Waals surface area contributed by atoms with Crippen LogP contribution in [0.15, 0.2) is 77.7 Å². The van der Waals surface area contributed by atoms with Crippen LogP contribution in [0.5, 0.6) is 5.75 Å². The molecule has 3 aromatic rings. The summed E-state index contributed by atoms with van der Waals surface area (Å²) in [6.45, 7) is -0.541. The molecule has 1 heterocycles. The van der Waals surface area contributed by atoms with Crippen molar-refractivity contribution < 1.29 is 31.1 Å². The SMILES string of the molecule is O=C(NCc1cccc(C(F)(F)F)c1)[C@H]1CN(S(=O)(=O)c2ccccc2)c2cc(Cl)ccc2O1. The van der Waals surface area contributed by atoms with Gasteiger partial charge < -0.3 is 10.1 Å². The van der Waals surface area contributed by atoms with Gasteiger partial charge in [0.1, 0.15) is 5.75 Å². The number of rotatable bonds is 5. The van der Waals surface area contributed by atoms with Gasteiger partial charge in [-0.1, -0.05) is 41.9 Å². The third kappa shape index (κ3) is 4.97. The second-order valence-corrected chi connectivity index (χ2v) is 9.78. The molecule has 3 aromatic carbocycles. The van der Waals surface area contributed by atoms with Crippen LogP contribution in [0.1, 0.15) is 11.1 Å². The zero-order valence-corrected chi connectivity index (χ0v) is 19.0. The predicted molar refractivity (Wildman–Crippen MR) is 120 cm³/mol. The van der Waals surface area contributed by atoms with Gasteiger partial charge in [0.05, 0.1) is 22.7 Å². The summed E-state index contributed by atoms with van der Waals surface area (Å²) in [5, 5.41) is 2.80. The maximum Gasteiger partial charge on any atom is 0.416 e. The highest BCUT2D eigenvalue weighted by molar-refractivity contribution is 7.92. The van der Waals surface area contributed by atoms with Gasteiger partial charge >= 0.3 is 6.18 Å². The van der Waals surface area contributed by atoms with Crippen molar-refractivity contribution >= 4 is 33.2 Å². The van der Waals surface area contributed by atoms with Crippen molar-refractivity contribution in [3.8, 4) is 5.75 Å². The van der Waals surface area contributed by atoms with Crippen molar-refractivity contribution in [3.63, 3.8) is 0 Å². The van der Waals surface area contributed by atoms with Gasteiger partial charge in [-0.3, -0.25) is 9.10 Å². The Morgan fingerprint density at radius 3 is 2.50 bits per heavy atom. The number of fused-ring (bicyclic) bond motifs is 1. The zero-order valence-electron chi connectivity index (χ0n) is 17.4. The molecule has 34 heavy (non-hydrogen) atoms. The van der Waals surface area contributed by atoms with E-state index < -0.39 is 33.8 Å². The number of halogens is 4. The molecule has 0 fully saturated rings. The van der Waals surface area contributed by atoms with E-state index in [1.807, 2.05) is 0 Å². The van der Waals surface area contributed by atoms with E-state index in [-0.39, 0.29) is 40.0 Å². The zero-order chi connectivity index (χ0) is 24.5. The van der Waals surface area contributed by atoms with E-state index in [1.54, 1.807) is 18.2 Å². The molecule has 1 atom stereocenters. The van der Waals surface area contributed by atoms with Crippen LogP contribution < -0.4 is 14.4 Å². The molecule has 0 aromatic heterocycles. The number of nitrogens with zero attached hydrogens (tertiary/aromatic N) is 1. The van der Waals surface area contributed by atoms with Crippen molar-refractivity contribution in [1.82, 2.24) is 5.32 Å². The first kappa shape index (κ1) is 23.9. The predicted octanol–water partition coefficient (Wildman–Crippen LogP) is 4.63. The molecule has 0 bridgehead atoms. The molecule has 0 radical (unpaired) electrons. The Kier molecular flexibility index (Phi) is 6.46. The molecule has 0 unspecified atom stereocenters. The van der Waals surface area contributed by atoms with Crippen LogP contribution in [-0.4, -0.2) is 27.0 Å². The molecule has 178 valence electrons. The summed E-state index contributed by atoms with van der Waals surface area (Å²) in [7, 11) is -4.06. The van der Waals surface area contributed by atoms with Crippen LogP contribution in [0, 0.1) is 0 Å².